The molecule has 2 aromatic rings. The van der Waals surface area contributed by atoms with Gasteiger partial charge in [-0.25, -0.2) is 0 Å². The van der Waals surface area contributed by atoms with Crippen LogP contribution in [-0.2, 0) is 4.79 Å². The van der Waals surface area contributed by atoms with Gasteiger partial charge in [-0.05, 0) is 44.2 Å². The minimum Gasteiger partial charge on any atom is -0.368 e. The zero-order valence-electron chi connectivity index (χ0n) is 15.4. The SMILES string of the molecule is CN1CC[C@]2(CCC1=O)CN(c1ccnc3ccc(Cl)cc13)CCN2C. The lowest BCUT2D eigenvalue weighted by Gasteiger charge is -2.50. The number of nitrogens with zero attached hydrogens (tertiary/aromatic N) is 4. The summed E-state index contributed by atoms with van der Waals surface area (Å²) < 4.78 is 0. The molecule has 5 nitrogen and oxygen atoms in total. The van der Waals surface area contributed by atoms with E-state index in [1.165, 1.54) is 5.69 Å². The third kappa shape index (κ3) is 3.03. The van der Waals surface area contributed by atoms with Crippen LogP contribution in [-0.4, -0.2) is 66.5 Å². The van der Waals surface area contributed by atoms with Crippen molar-refractivity contribution < 1.29 is 4.79 Å². The first kappa shape index (κ1) is 17.6. The Kier molecular flexibility index (Phi) is 4.53. The number of anilines is 1. The van der Waals surface area contributed by atoms with E-state index in [1.807, 2.05) is 36.3 Å². The van der Waals surface area contributed by atoms with Crippen molar-refractivity contribution in [2.45, 2.75) is 24.8 Å². The van der Waals surface area contributed by atoms with Crippen molar-refractivity contribution in [3.05, 3.63) is 35.5 Å². The number of amides is 1. The van der Waals surface area contributed by atoms with Crippen molar-refractivity contribution in [3.63, 3.8) is 0 Å². The summed E-state index contributed by atoms with van der Waals surface area (Å²) in [7, 11) is 4.12. The molecule has 1 spiro atoms. The fourth-order valence-electron chi connectivity index (χ4n) is 4.34. The molecule has 2 aliphatic heterocycles. The van der Waals surface area contributed by atoms with Gasteiger partial charge in [-0.1, -0.05) is 11.6 Å². The molecule has 0 unspecified atom stereocenters. The van der Waals surface area contributed by atoms with E-state index in [-0.39, 0.29) is 11.4 Å². The highest BCUT2D eigenvalue weighted by atomic mass is 35.5. The Morgan fingerprint density at radius 1 is 1.12 bits per heavy atom. The quantitative estimate of drug-likeness (QED) is 0.771. The summed E-state index contributed by atoms with van der Waals surface area (Å²) in [6.07, 6.45) is 4.41. The third-order valence-electron chi connectivity index (χ3n) is 6.16. The van der Waals surface area contributed by atoms with Crippen LogP contribution in [0.2, 0.25) is 5.02 Å². The second-order valence-electron chi connectivity index (χ2n) is 7.62. The van der Waals surface area contributed by atoms with Crippen LogP contribution in [0.15, 0.2) is 30.5 Å². The maximum Gasteiger partial charge on any atom is 0.222 e. The largest absolute Gasteiger partial charge is 0.368 e. The summed E-state index contributed by atoms with van der Waals surface area (Å²) in [5.74, 6) is 0.258. The highest BCUT2D eigenvalue weighted by Crippen LogP contribution is 2.36. The van der Waals surface area contributed by atoms with Gasteiger partial charge >= 0.3 is 0 Å². The molecule has 2 aliphatic rings. The average Bonchev–Trinajstić information content (AvgIpc) is 2.78. The van der Waals surface area contributed by atoms with Gasteiger partial charge in [-0.2, -0.15) is 0 Å². The van der Waals surface area contributed by atoms with Crippen LogP contribution in [0, 0.1) is 0 Å². The lowest BCUT2D eigenvalue weighted by molar-refractivity contribution is -0.129. The summed E-state index contributed by atoms with van der Waals surface area (Å²) in [6.45, 7) is 3.70. The Labute approximate surface area is 159 Å². The van der Waals surface area contributed by atoms with E-state index in [1.54, 1.807) is 0 Å². The second kappa shape index (κ2) is 6.71. The highest BCUT2D eigenvalue weighted by molar-refractivity contribution is 6.31. The lowest BCUT2D eigenvalue weighted by atomic mass is 9.86. The van der Waals surface area contributed by atoms with Crippen molar-refractivity contribution in [2.75, 3.05) is 45.2 Å². The number of carbonyl (C=O) groups is 1. The average molecular weight is 373 g/mol. The first-order valence-electron chi connectivity index (χ1n) is 9.23. The van der Waals surface area contributed by atoms with Gasteiger partial charge in [-0.15, -0.1) is 0 Å². The molecule has 1 aromatic heterocycles. The number of fused-ring (bicyclic) bond motifs is 1. The summed E-state index contributed by atoms with van der Waals surface area (Å²) in [5.41, 5.74) is 2.19. The molecular weight excluding hydrogens is 348 g/mol. The standard InChI is InChI=1S/C20H25ClN4O/c1-23-10-8-20(7-5-19(23)26)14-25(12-11-24(20)2)18-6-9-22-17-4-3-15(21)13-16(17)18/h3-4,6,9,13H,5,7-8,10-12,14H2,1-2H3/t20-/m1/s1. The van der Waals surface area contributed by atoms with Gasteiger partial charge in [-0.3, -0.25) is 14.7 Å². The molecule has 4 rings (SSSR count). The summed E-state index contributed by atoms with van der Waals surface area (Å²) in [5, 5.41) is 1.83. The molecule has 2 fully saturated rings. The monoisotopic (exact) mass is 372 g/mol. The highest BCUT2D eigenvalue weighted by Gasteiger charge is 2.42. The predicted molar refractivity (Wildman–Crippen MR) is 106 cm³/mol. The third-order valence-corrected chi connectivity index (χ3v) is 6.40. The van der Waals surface area contributed by atoms with Crippen LogP contribution >= 0.6 is 11.6 Å². The molecule has 1 atom stereocenters. The van der Waals surface area contributed by atoms with E-state index in [4.69, 9.17) is 11.6 Å². The first-order valence-corrected chi connectivity index (χ1v) is 9.61. The topological polar surface area (TPSA) is 39.7 Å². The lowest BCUT2D eigenvalue weighted by Crippen LogP contribution is -2.61. The number of rotatable bonds is 1. The van der Waals surface area contributed by atoms with Gasteiger partial charge in [0.1, 0.15) is 0 Å². The summed E-state index contributed by atoms with van der Waals surface area (Å²) in [4.78, 5) is 23.5. The normalized spacial score (nSPS) is 25.1. The molecule has 0 bridgehead atoms. The van der Waals surface area contributed by atoms with E-state index < -0.39 is 0 Å². The molecule has 1 aromatic carbocycles. The van der Waals surface area contributed by atoms with Gasteiger partial charge in [0, 0.05) is 67.5 Å². The summed E-state index contributed by atoms with van der Waals surface area (Å²) in [6, 6.07) is 7.96. The van der Waals surface area contributed by atoms with E-state index in [0.717, 1.165) is 54.9 Å². The maximum absolute atomic E-state index is 12.2. The fourth-order valence-corrected chi connectivity index (χ4v) is 4.52. The molecule has 0 aliphatic carbocycles. The smallest absolute Gasteiger partial charge is 0.222 e. The molecular formula is C20H25ClN4O. The number of likely N-dealkylation sites (tertiary alicyclic amines) is 1. The number of hydrogen-bond donors (Lipinski definition) is 0. The molecule has 1 amide bonds. The van der Waals surface area contributed by atoms with E-state index >= 15 is 0 Å². The molecule has 2 saturated heterocycles. The van der Waals surface area contributed by atoms with Gasteiger partial charge < -0.3 is 9.80 Å². The summed E-state index contributed by atoms with van der Waals surface area (Å²) >= 11 is 6.25. The van der Waals surface area contributed by atoms with E-state index in [0.29, 0.717) is 6.42 Å². The molecule has 6 heteroatoms. The zero-order chi connectivity index (χ0) is 18.3. The van der Waals surface area contributed by atoms with Gasteiger partial charge in [0.05, 0.1) is 5.52 Å². The maximum atomic E-state index is 12.2. The van der Waals surface area contributed by atoms with Crippen LogP contribution in [0.25, 0.3) is 10.9 Å². The zero-order valence-corrected chi connectivity index (χ0v) is 16.2. The molecule has 0 N–H and O–H groups in total. The predicted octanol–water partition coefficient (Wildman–Crippen LogP) is 3.02. The Hall–Kier alpha value is -1.85. The number of halogens is 1. The van der Waals surface area contributed by atoms with Crippen molar-refractivity contribution in [1.82, 2.24) is 14.8 Å². The number of aromatic nitrogens is 1. The van der Waals surface area contributed by atoms with E-state index in [2.05, 4.69) is 27.9 Å². The molecule has 138 valence electrons. The fraction of sp³-hybridized carbons (Fsp3) is 0.500. The number of likely N-dealkylation sites (N-methyl/N-ethyl adjacent to an activating group) is 1. The first-order chi connectivity index (χ1) is 12.5. The van der Waals surface area contributed by atoms with Crippen LogP contribution < -0.4 is 4.90 Å². The number of pyridine rings is 1. The van der Waals surface area contributed by atoms with Crippen LogP contribution in [0.4, 0.5) is 5.69 Å². The number of carbonyl (C=O) groups excluding carboxylic acids is 1. The van der Waals surface area contributed by atoms with Crippen molar-refractivity contribution >= 4 is 34.1 Å². The Morgan fingerprint density at radius 3 is 2.81 bits per heavy atom. The number of hydrogen-bond acceptors (Lipinski definition) is 4. The van der Waals surface area contributed by atoms with Crippen molar-refractivity contribution in [3.8, 4) is 0 Å². The van der Waals surface area contributed by atoms with Crippen molar-refractivity contribution in [2.24, 2.45) is 0 Å². The van der Waals surface area contributed by atoms with Gasteiger partial charge in [0.15, 0.2) is 0 Å². The van der Waals surface area contributed by atoms with Crippen LogP contribution in [0.3, 0.4) is 0 Å². The molecule has 26 heavy (non-hydrogen) atoms. The Bertz CT molecular complexity index is 842. The molecule has 3 heterocycles. The van der Waals surface area contributed by atoms with Gasteiger partial charge in [0.25, 0.3) is 0 Å². The Balaban J connectivity index is 1.69. The Morgan fingerprint density at radius 2 is 1.96 bits per heavy atom. The van der Waals surface area contributed by atoms with Crippen LogP contribution in [0.1, 0.15) is 19.3 Å². The van der Waals surface area contributed by atoms with E-state index in [9.17, 15) is 4.79 Å². The van der Waals surface area contributed by atoms with Crippen molar-refractivity contribution in [1.29, 1.82) is 0 Å². The minimum atomic E-state index is 0.0346. The minimum absolute atomic E-state index is 0.0346. The molecule has 0 radical (unpaired) electrons. The number of piperazine rings is 1. The van der Waals surface area contributed by atoms with Gasteiger partial charge in [0.2, 0.25) is 5.91 Å². The number of benzene rings is 1. The molecule has 0 saturated carbocycles. The van der Waals surface area contributed by atoms with Crippen LogP contribution in [0.5, 0.6) is 0 Å². The second-order valence-corrected chi connectivity index (χ2v) is 8.06.